The first-order valence-corrected chi connectivity index (χ1v) is 5.10. The number of hydrogen-bond donors (Lipinski definition) is 2. The van der Waals surface area contributed by atoms with Crippen LogP contribution in [0.2, 0.25) is 0 Å². The molecular formula is C7H11IO3. The summed E-state index contributed by atoms with van der Waals surface area (Å²) in [7, 11) is 0. The second kappa shape index (κ2) is 2.83. The molecule has 5 atom stereocenters. The maximum absolute atomic E-state index is 9.49. The van der Waals surface area contributed by atoms with Gasteiger partial charge in [-0.25, -0.2) is 0 Å². The van der Waals surface area contributed by atoms with Gasteiger partial charge in [-0.1, -0.05) is 22.6 Å². The first-order chi connectivity index (χ1) is 5.20. The molecular weight excluding hydrogens is 259 g/mol. The van der Waals surface area contributed by atoms with Crippen molar-refractivity contribution in [3.63, 3.8) is 0 Å². The van der Waals surface area contributed by atoms with Gasteiger partial charge < -0.3 is 14.9 Å². The zero-order valence-electron chi connectivity index (χ0n) is 5.98. The summed E-state index contributed by atoms with van der Waals surface area (Å²) >= 11 is 2.15. The molecule has 2 aliphatic rings. The van der Waals surface area contributed by atoms with E-state index in [9.17, 15) is 10.2 Å². The Morgan fingerprint density at radius 1 is 1.09 bits per heavy atom. The van der Waals surface area contributed by atoms with Crippen LogP contribution in [0.25, 0.3) is 0 Å². The van der Waals surface area contributed by atoms with Crippen LogP contribution in [-0.4, -0.2) is 38.6 Å². The highest BCUT2D eigenvalue weighted by Gasteiger charge is 2.46. The van der Waals surface area contributed by atoms with Crippen molar-refractivity contribution >= 4 is 22.6 Å². The monoisotopic (exact) mass is 270 g/mol. The molecule has 2 bridgehead atoms. The summed E-state index contributed by atoms with van der Waals surface area (Å²) in [6.45, 7) is 0. The summed E-state index contributed by atoms with van der Waals surface area (Å²) in [5.41, 5.74) is 0. The maximum Gasteiger partial charge on any atom is 0.107 e. The zero-order chi connectivity index (χ0) is 8.01. The third-order valence-electron chi connectivity index (χ3n) is 2.50. The zero-order valence-corrected chi connectivity index (χ0v) is 8.14. The van der Waals surface area contributed by atoms with Crippen molar-refractivity contribution in [1.82, 2.24) is 0 Å². The third kappa shape index (κ3) is 1.20. The van der Waals surface area contributed by atoms with Gasteiger partial charge in [0.1, 0.15) is 6.10 Å². The first kappa shape index (κ1) is 8.22. The van der Waals surface area contributed by atoms with Crippen molar-refractivity contribution < 1.29 is 14.9 Å². The van der Waals surface area contributed by atoms with E-state index in [0.717, 1.165) is 12.8 Å². The van der Waals surface area contributed by atoms with Crippen LogP contribution in [0, 0.1) is 0 Å². The highest BCUT2D eigenvalue weighted by molar-refractivity contribution is 14.1. The summed E-state index contributed by atoms with van der Waals surface area (Å²) in [6, 6.07) is 0. The Balaban J connectivity index is 2.16. The number of alkyl halides is 1. The number of aliphatic hydroxyl groups is 2. The second-order valence-corrected chi connectivity index (χ2v) is 4.65. The molecule has 3 nitrogen and oxygen atoms in total. The van der Waals surface area contributed by atoms with Gasteiger partial charge in [0.25, 0.3) is 0 Å². The minimum Gasteiger partial charge on any atom is -0.389 e. The lowest BCUT2D eigenvalue weighted by Crippen LogP contribution is -2.50. The quantitative estimate of drug-likeness (QED) is 0.484. The molecule has 2 N–H and O–H groups in total. The van der Waals surface area contributed by atoms with Crippen molar-refractivity contribution in [2.24, 2.45) is 0 Å². The van der Waals surface area contributed by atoms with E-state index in [1.807, 2.05) is 0 Å². The van der Waals surface area contributed by atoms with E-state index >= 15 is 0 Å². The lowest BCUT2D eigenvalue weighted by atomic mass is 10.0. The number of ether oxygens (including phenoxy) is 1. The van der Waals surface area contributed by atoms with Gasteiger partial charge in [-0.05, 0) is 12.8 Å². The minimum atomic E-state index is -0.671. The van der Waals surface area contributed by atoms with Crippen molar-refractivity contribution in [1.29, 1.82) is 0 Å². The summed E-state index contributed by atoms with van der Waals surface area (Å²) in [5.74, 6) is 0. The van der Waals surface area contributed by atoms with Gasteiger partial charge in [-0.15, -0.1) is 0 Å². The molecule has 0 aromatic rings. The largest absolute Gasteiger partial charge is 0.389 e. The van der Waals surface area contributed by atoms with Crippen molar-refractivity contribution in [3.8, 4) is 0 Å². The molecule has 0 radical (unpaired) electrons. The van der Waals surface area contributed by atoms with Gasteiger partial charge in [-0.3, -0.25) is 0 Å². The van der Waals surface area contributed by atoms with Crippen molar-refractivity contribution in [2.45, 2.75) is 41.2 Å². The van der Waals surface area contributed by atoms with Crippen LogP contribution in [0.4, 0.5) is 0 Å². The predicted molar refractivity (Wildman–Crippen MR) is 47.7 cm³/mol. The van der Waals surface area contributed by atoms with Gasteiger partial charge in [0.05, 0.1) is 22.2 Å². The second-order valence-electron chi connectivity index (χ2n) is 3.22. The first-order valence-electron chi connectivity index (χ1n) is 3.86. The number of hydrogen-bond acceptors (Lipinski definition) is 3. The molecule has 2 unspecified atom stereocenters. The topological polar surface area (TPSA) is 49.7 Å². The van der Waals surface area contributed by atoms with E-state index in [1.165, 1.54) is 0 Å². The van der Waals surface area contributed by atoms with E-state index in [1.54, 1.807) is 0 Å². The molecule has 0 saturated carbocycles. The average molecular weight is 270 g/mol. The average Bonchev–Trinajstić information content (AvgIpc) is 2.44. The number of halogens is 1. The van der Waals surface area contributed by atoms with Gasteiger partial charge in [0.2, 0.25) is 0 Å². The Bertz CT molecular complexity index is 144. The highest BCUT2D eigenvalue weighted by atomic mass is 127. The van der Waals surface area contributed by atoms with Gasteiger partial charge in [0, 0.05) is 0 Å². The molecule has 2 aliphatic heterocycles. The molecule has 4 heteroatoms. The van der Waals surface area contributed by atoms with E-state index < -0.39 is 12.2 Å². The normalized spacial score (nSPS) is 56.5. The smallest absolute Gasteiger partial charge is 0.107 e. The van der Waals surface area contributed by atoms with E-state index in [0.29, 0.717) is 0 Å². The SMILES string of the molecule is OC1[C@@H](I)C2CC[C@@H](O2)[C@H]1O. The summed E-state index contributed by atoms with van der Waals surface area (Å²) in [4.78, 5) is 0. The number of aliphatic hydroxyl groups excluding tert-OH is 2. The van der Waals surface area contributed by atoms with Crippen LogP contribution in [0.1, 0.15) is 12.8 Å². The molecule has 2 heterocycles. The minimum absolute atomic E-state index is 0.0568. The van der Waals surface area contributed by atoms with Crippen LogP contribution >= 0.6 is 22.6 Å². The van der Waals surface area contributed by atoms with Crippen LogP contribution in [0.5, 0.6) is 0 Å². The van der Waals surface area contributed by atoms with E-state index in [2.05, 4.69) is 22.6 Å². The molecule has 0 spiro atoms. The molecule has 64 valence electrons. The Labute approximate surface area is 78.9 Å². The molecule has 2 saturated heterocycles. The molecule has 0 aliphatic carbocycles. The van der Waals surface area contributed by atoms with Gasteiger partial charge in [-0.2, -0.15) is 0 Å². The van der Waals surface area contributed by atoms with Crippen LogP contribution in [-0.2, 0) is 4.74 Å². The molecule has 11 heavy (non-hydrogen) atoms. The molecule has 2 rings (SSSR count). The fourth-order valence-corrected chi connectivity index (χ4v) is 2.76. The number of rotatable bonds is 0. The predicted octanol–water partition coefficient (Wildman–Crippen LogP) is 0.0730. The molecule has 0 amide bonds. The molecule has 2 fully saturated rings. The summed E-state index contributed by atoms with van der Waals surface area (Å²) < 4.78 is 5.53. The van der Waals surface area contributed by atoms with Gasteiger partial charge >= 0.3 is 0 Å². The number of fused-ring (bicyclic) bond motifs is 2. The van der Waals surface area contributed by atoms with Crippen molar-refractivity contribution in [3.05, 3.63) is 0 Å². The Kier molecular flexibility index (Phi) is 2.11. The molecule has 0 aromatic heterocycles. The lowest BCUT2D eigenvalue weighted by Gasteiger charge is -2.34. The maximum atomic E-state index is 9.49. The van der Waals surface area contributed by atoms with Crippen LogP contribution in [0.3, 0.4) is 0 Å². The lowest BCUT2D eigenvalue weighted by molar-refractivity contribution is -0.128. The molecule has 0 aromatic carbocycles. The fourth-order valence-electron chi connectivity index (χ4n) is 1.80. The Morgan fingerprint density at radius 2 is 1.73 bits per heavy atom. The standard InChI is InChI=1S/C7H11IO3/c8-5-3-1-2-4(11-3)6(9)7(5)10/h3-7,9-10H,1-2H2/t3?,4-,5+,6-,7?/m1/s1. The summed E-state index contributed by atoms with van der Waals surface area (Å²) in [5, 5.41) is 18.9. The Hall–Kier alpha value is 0.610. The summed E-state index contributed by atoms with van der Waals surface area (Å²) in [6.07, 6.45) is 0.659. The van der Waals surface area contributed by atoms with Crippen molar-refractivity contribution in [2.75, 3.05) is 0 Å². The fraction of sp³-hybridized carbons (Fsp3) is 1.00. The van der Waals surface area contributed by atoms with E-state index in [4.69, 9.17) is 4.74 Å². The third-order valence-corrected chi connectivity index (χ3v) is 4.04. The van der Waals surface area contributed by atoms with E-state index in [-0.39, 0.29) is 16.1 Å². The van der Waals surface area contributed by atoms with Crippen LogP contribution in [0.15, 0.2) is 0 Å². The Morgan fingerprint density at radius 3 is 2.45 bits per heavy atom. The van der Waals surface area contributed by atoms with Gasteiger partial charge in [0.15, 0.2) is 0 Å². The highest BCUT2D eigenvalue weighted by Crippen LogP contribution is 2.36. The van der Waals surface area contributed by atoms with Crippen LogP contribution < -0.4 is 0 Å².